The van der Waals surface area contributed by atoms with Gasteiger partial charge >= 0.3 is 0 Å². The zero-order valence-electron chi connectivity index (χ0n) is 9.55. The van der Waals surface area contributed by atoms with E-state index < -0.39 is 10.0 Å². The number of oxazole rings is 1. The predicted octanol–water partition coefficient (Wildman–Crippen LogP) is 2.22. The molecule has 0 radical (unpaired) electrons. The molecule has 5 nitrogen and oxygen atoms in total. The Bertz CT molecular complexity index is 652. The fourth-order valence-corrected chi connectivity index (χ4v) is 3.36. The van der Waals surface area contributed by atoms with Crippen LogP contribution in [0.4, 0.5) is 0 Å². The first-order valence-corrected chi connectivity index (χ1v) is 7.42. The molecule has 0 fully saturated rings. The minimum Gasteiger partial charge on any atom is -0.445 e. The monoisotopic (exact) mass is 330 g/mol. The van der Waals surface area contributed by atoms with Crippen LogP contribution in [0.15, 0.2) is 44.2 Å². The summed E-state index contributed by atoms with van der Waals surface area (Å²) in [5.74, 6) is 0.980. The summed E-state index contributed by atoms with van der Waals surface area (Å²) in [5.41, 5.74) is 0. The van der Waals surface area contributed by atoms with Crippen LogP contribution in [0.2, 0.25) is 0 Å². The Balaban J connectivity index is 2.16. The number of benzene rings is 1. The molecule has 1 N–H and O–H groups in total. The number of hydrogen-bond donors (Lipinski definition) is 1. The average molecular weight is 331 g/mol. The van der Waals surface area contributed by atoms with Crippen molar-refractivity contribution in [1.29, 1.82) is 0 Å². The summed E-state index contributed by atoms with van der Waals surface area (Å²) in [6, 6.07) is 6.60. The first kappa shape index (κ1) is 13.3. The van der Waals surface area contributed by atoms with Crippen LogP contribution in [0.25, 0.3) is 0 Å². The molecule has 1 aromatic heterocycles. The van der Waals surface area contributed by atoms with E-state index in [1.54, 1.807) is 31.3 Å². The van der Waals surface area contributed by atoms with E-state index in [1.165, 1.54) is 6.07 Å². The number of rotatable bonds is 4. The highest BCUT2D eigenvalue weighted by atomic mass is 79.9. The Morgan fingerprint density at radius 3 is 2.72 bits per heavy atom. The van der Waals surface area contributed by atoms with Crippen molar-refractivity contribution in [2.24, 2.45) is 0 Å². The molecule has 0 aliphatic carbocycles. The Morgan fingerprint density at radius 1 is 1.39 bits per heavy atom. The third-order valence-electron chi connectivity index (χ3n) is 2.21. The Hall–Kier alpha value is -1.18. The fraction of sp³-hybridized carbons (Fsp3) is 0.182. The number of hydrogen-bond acceptors (Lipinski definition) is 4. The molecule has 1 heterocycles. The molecule has 1 aromatic carbocycles. The molecule has 0 saturated carbocycles. The lowest BCUT2D eigenvalue weighted by atomic mass is 10.4. The topological polar surface area (TPSA) is 72.2 Å². The molecule has 0 amide bonds. The minimum absolute atomic E-state index is 0.0253. The molecule has 7 heteroatoms. The molecule has 0 aliphatic heterocycles. The largest absolute Gasteiger partial charge is 0.445 e. The normalized spacial score (nSPS) is 11.7. The van der Waals surface area contributed by atoms with Crippen molar-refractivity contribution in [2.75, 3.05) is 0 Å². The zero-order chi connectivity index (χ0) is 13.2. The smallest absolute Gasteiger partial charge is 0.242 e. The third kappa shape index (κ3) is 2.98. The average Bonchev–Trinajstić information content (AvgIpc) is 2.73. The van der Waals surface area contributed by atoms with Gasteiger partial charge in [0, 0.05) is 4.47 Å². The number of nitrogens with zero attached hydrogens (tertiary/aromatic N) is 1. The van der Waals surface area contributed by atoms with Gasteiger partial charge in [-0.05, 0) is 35.0 Å². The van der Waals surface area contributed by atoms with Gasteiger partial charge in [-0.2, -0.15) is 0 Å². The molecule has 0 atom stereocenters. The molecule has 0 aliphatic rings. The van der Waals surface area contributed by atoms with Gasteiger partial charge in [-0.15, -0.1) is 0 Å². The van der Waals surface area contributed by atoms with Crippen molar-refractivity contribution < 1.29 is 12.8 Å². The number of aryl methyl sites for hydroxylation is 1. The Kier molecular flexibility index (Phi) is 3.84. The van der Waals surface area contributed by atoms with Crippen molar-refractivity contribution in [3.8, 4) is 0 Å². The van der Waals surface area contributed by atoms with Crippen LogP contribution in [-0.2, 0) is 16.6 Å². The summed E-state index contributed by atoms with van der Waals surface area (Å²) in [6.07, 6.45) is 1.54. The SMILES string of the molecule is Cc1cnc(CNS(=O)(=O)c2ccccc2Br)o1. The predicted molar refractivity (Wildman–Crippen MR) is 69.4 cm³/mol. The summed E-state index contributed by atoms with van der Waals surface area (Å²) in [5, 5.41) is 0. The van der Waals surface area contributed by atoms with Gasteiger partial charge in [0.15, 0.2) is 0 Å². The minimum atomic E-state index is -3.58. The van der Waals surface area contributed by atoms with E-state index >= 15 is 0 Å². The van der Waals surface area contributed by atoms with Crippen LogP contribution < -0.4 is 4.72 Å². The van der Waals surface area contributed by atoms with E-state index in [4.69, 9.17) is 4.42 Å². The lowest BCUT2D eigenvalue weighted by Gasteiger charge is -2.06. The number of sulfonamides is 1. The Morgan fingerprint density at radius 2 is 2.11 bits per heavy atom. The zero-order valence-corrected chi connectivity index (χ0v) is 12.0. The van der Waals surface area contributed by atoms with Crippen molar-refractivity contribution in [2.45, 2.75) is 18.4 Å². The molecular weight excluding hydrogens is 320 g/mol. The highest BCUT2D eigenvalue weighted by Crippen LogP contribution is 2.21. The van der Waals surface area contributed by atoms with Crippen LogP contribution in [0.5, 0.6) is 0 Å². The lowest BCUT2D eigenvalue weighted by Crippen LogP contribution is -2.23. The van der Waals surface area contributed by atoms with Gasteiger partial charge in [-0.25, -0.2) is 18.1 Å². The van der Waals surface area contributed by atoms with Crippen LogP contribution in [0, 0.1) is 6.92 Å². The molecule has 96 valence electrons. The highest BCUT2D eigenvalue weighted by Gasteiger charge is 2.17. The van der Waals surface area contributed by atoms with Gasteiger partial charge in [0.1, 0.15) is 5.76 Å². The first-order valence-electron chi connectivity index (χ1n) is 5.14. The van der Waals surface area contributed by atoms with Gasteiger partial charge in [0.2, 0.25) is 15.9 Å². The second-order valence-corrected chi connectivity index (χ2v) is 6.21. The van der Waals surface area contributed by atoms with E-state index in [1.807, 2.05) is 0 Å². The molecule has 2 aromatic rings. The number of nitrogens with one attached hydrogen (secondary N) is 1. The Labute approximate surface area is 113 Å². The van der Waals surface area contributed by atoms with Gasteiger partial charge in [-0.1, -0.05) is 12.1 Å². The molecule has 0 bridgehead atoms. The lowest BCUT2D eigenvalue weighted by molar-refractivity contribution is 0.463. The fourth-order valence-electron chi connectivity index (χ4n) is 1.38. The van der Waals surface area contributed by atoms with Gasteiger partial charge in [0.25, 0.3) is 0 Å². The van der Waals surface area contributed by atoms with E-state index in [-0.39, 0.29) is 11.4 Å². The molecular formula is C11H11BrN2O3S. The standard InChI is InChI=1S/C11H11BrN2O3S/c1-8-6-13-11(17-8)7-14-18(15,16)10-5-3-2-4-9(10)12/h2-6,14H,7H2,1H3. The summed E-state index contributed by atoms with van der Waals surface area (Å²) >= 11 is 3.20. The molecule has 2 rings (SSSR count). The van der Waals surface area contributed by atoms with Crippen LogP contribution in [0.3, 0.4) is 0 Å². The quantitative estimate of drug-likeness (QED) is 0.932. The summed E-state index contributed by atoms with van der Waals surface area (Å²) < 4.78 is 32.2. The van der Waals surface area contributed by atoms with Crippen molar-refractivity contribution in [3.63, 3.8) is 0 Å². The summed E-state index contributed by atoms with van der Waals surface area (Å²) in [4.78, 5) is 4.12. The number of aromatic nitrogens is 1. The van der Waals surface area contributed by atoms with Gasteiger partial charge < -0.3 is 4.42 Å². The molecule has 18 heavy (non-hydrogen) atoms. The first-order chi connectivity index (χ1) is 8.49. The second kappa shape index (κ2) is 5.21. The maximum absolute atomic E-state index is 12.0. The maximum atomic E-state index is 12.0. The van der Waals surface area contributed by atoms with Crippen LogP contribution in [0.1, 0.15) is 11.7 Å². The van der Waals surface area contributed by atoms with Crippen molar-refractivity contribution in [1.82, 2.24) is 9.71 Å². The summed E-state index contributed by atoms with van der Waals surface area (Å²) in [6.45, 7) is 1.77. The van der Waals surface area contributed by atoms with Crippen LogP contribution >= 0.6 is 15.9 Å². The van der Waals surface area contributed by atoms with E-state index in [9.17, 15) is 8.42 Å². The van der Waals surface area contributed by atoms with E-state index in [0.29, 0.717) is 16.1 Å². The van der Waals surface area contributed by atoms with Crippen molar-refractivity contribution >= 4 is 26.0 Å². The van der Waals surface area contributed by atoms with Gasteiger partial charge in [-0.3, -0.25) is 0 Å². The van der Waals surface area contributed by atoms with E-state index in [0.717, 1.165) is 0 Å². The highest BCUT2D eigenvalue weighted by molar-refractivity contribution is 9.10. The molecule has 0 unspecified atom stereocenters. The van der Waals surface area contributed by atoms with Crippen molar-refractivity contribution in [3.05, 3.63) is 46.6 Å². The molecule has 0 spiro atoms. The van der Waals surface area contributed by atoms with Gasteiger partial charge in [0.05, 0.1) is 17.6 Å². The second-order valence-electron chi connectivity index (χ2n) is 3.62. The van der Waals surface area contributed by atoms with E-state index in [2.05, 4.69) is 25.6 Å². The molecule has 0 saturated heterocycles. The summed E-state index contributed by atoms with van der Waals surface area (Å²) in [7, 11) is -3.58. The maximum Gasteiger partial charge on any atom is 0.242 e. The number of halogens is 1. The third-order valence-corrected chi connectivity index (χ3v) is 4.62. The van der Waals surface area contributed by atoms with Crippen LogP contribution in [-0.4, -0.2) is 13.4 Å².